The van der Waals surface area contributed by atoms with E-state index in [1.165, 1.54) is 186 Å². The molecule has 1 aromatic carbocycles. The van der Waals surface area contributed by atoms with Gasteiger partial charge in [0.1, 0.15) is 0 Å². The van der Waals surface area contributed by atoms with Gasteiger partial charge < -0.3 is 0 Å². The minimum Gasteiger partial charge on any atom is -0.0654 e. The average Bonchev–Trinajstić information content (AvgIpc) is 2.93. The van der Waals surface area contributed by atoms with E-state index in [1.807, 2.05) is 0 Å². The minimum atomic E-state index is 1.18. The summed E-state index contributed by atoms with van der Waals surface area (Å²) in [6.07, 6.45) is 41.3. The molecule has 0 atom stereocenters. The minimum absolute atomic E-state index is 1.18. The van der Waals surface area contributed by atoms with E-state index in [2.05, 4.69) is 39.0 Å². The Labute approximate surface area is 241 Å². The van der Waals surface area contributed by atoms with E-state index in [9.17, 15) is 0 Å². The van der Waals surface area contributed by atoms with Gasteiger partial charge in [0.25, 0.3) is 0 Å². The summed E-state index contributed by atoms with van der Waals surface area (Å²) < 4.78 is 0. The van der Waals surface area contributed by atoms with Gasteiger partial charge in [0.05, 0.1) is 0 Å². The highest BCUT2D eigenvalue weighted by atomic mass is 14.1. The van der Waals surface area contributed by atoms with Crippen molar-refractivity contribution in [1.29, 1.82) is 0 Å². The molecule has 0 N–H and O–H groups in total. The Kier molecular flexibility index (Phi) is 25.8. The molecule has 0 unspecified atom stereocenters. The van der Waals surface area contributed by atoms with E-state index in [-0.39, 0.29) is 0 Å². The van der Waals surface area contributed by atoms with E-state index in [0.29, 0.717) is 0 Å². The molecule has 0 heteroatoms. The lowest BCUT2D eigenvalue weighted by atomic mass is 9.96. The van der Waals surface area contributed by atoms with Crippen molar-refractivity contribution in [3.8, 4) is 0 Å². The SMILES string of the molecule is CCCCCCCCCCCCCCCc1cc(CC)cc(CCCCCCCCCCCCCCC)c1. The quantitative estimate of drug-likeness (QED) is 0.0910. The van der Waals surface area contributed by atoms with E-state index in [1.54, 1.807) is 16.7 Å². The molecule has 0 saturated heterocycles. The largest absolute Gasteiger partial charge is 0.0654 e. The Hall–Kier alpha value is -0.780. The van der Waals surface area contributed by atoms with Crippen molar-refractivity contribution >= 4 is 0 Å². The Balaban J connectivity index is 2.03. The molecule has 0 aliphatic rings. The average molecular weight is 527 g/mol. The lowest BCUT2D eigenvalue weighted by Crippen LogP contribution is -1.95. The molecule has 0 nitrogen and oxygen atoms in total. The number of hydrogen-bond donors (Lipinski definition) is 0. The van der Waals surface area contributed by atoms with Crippen LogP contribution < -0.4 is 0 Å². The van der Waals surface area contributed by atoms with Crippen molar-refractivity contribution < 1.29 is 0 Å². The van der Waals surface area contributed by atoms with Crippen LogP contribution >= 0.6 is 0 Å². The molecule has 0 heterocycles. The van der Waals surface area contributed by atoms with E-state index < -0.39 is 0 Å². The fraction of sp³-hybridized carbons (Fsp3) is 0.842. The zero-order valence-electron chi connectivity index (χ0n) is 26.7. The van der Waals surface area contributed by atoms with Crippen LogP contribution in [0, 0.1) is 0 Å². The van der Waals surface area contributed by atoms with Crippen LogP contribution in [0.2, 0.25) is 0 Å². The van der Waals surface area contributed by atoms with Crippen molar-refractivity contribution in [2.75, 3.05) is 0 Å². The van der Waals surface area contributed by atoms with Crippen molar-refractivity contribution in [1.82, 2.24) is 0 Å². The second-order valence-corrected chi connectivity index (χ2v) is 12.5. The number of rotatable bonds is 29. The third-order valence-corrected chi connectivity index (χ3v) is 8.66. The van der Waals surface area contributed by atoms with Crippen LogP contribution in [0.4, 0.5) is 0 Å². The molecule has 0 radical (unpaired) electrons. The van der Waals surface area contributed by atoms with Gasteiger partial charge in [-0.1, -0.05) is 193 Å². The van der Waals surface area contributed by atoms with Crippen LogP contribution in [-0.4, -0.2) is 0 Å². The lowest BCUT2D eigenvalue weighted by molar-refractivity contribution is 0.539. The third kappa shape index (κ3) is 22.1. The normalized spacial score (nSPS) is 11.4. The highest BCUT2D eigenvalue weighted by molar-refractivity contribution is 5.30. The summed E-state index contributed by atoms with van der Waals surface area (Å²) in [6, 6.07) is 7.53. The zero-order valence-corrected chi connectivity index (χ0v) is 26.7. The van der Waals surface area contributed by atoms with Gasteiger partial charge in [0, 0.05) is 0 Å². The maximum absolute atomic E-state index is 2.54. The van der Waals surface area contributed by atoms with Crippen molar-refractivity contribution in [2.24, 2.45) is 0 Å². The summed E-state index contributed by atoms with van der Waals surface area (Å²) in [7, 11) is 0. The first-order valence-corrected chi connectivity index (χ1v) is 17.9. The van der Waals surface area contributed by atoms with Crippen LogP contribution in [0.25, 0.3) is 0 Å². The van der Waals surface area contributed by atoms with Gasteiger partial charge in [-0.05, 0) is 48.8 Å². The van der Waals surface area contributed by atoms with Crippen LogP contribution in [0.15, 0.2) is 18.2 Å². The molecule has 222 valence electrons. The summed E-state index contributed by atoms with van der Waals surface area (Å²) in [4.78, 5) is 0. The predicted molar refractivity (Wildman–Crippen MR) is 175 cm³/mol. The molecule has 0 aliphatic heterocycles. The highest BCUT2D eigenvalue weighted by Crippen LogP contribution is 2.19. The second-order valence-electron chi connectivity index (χ2n) is 12.5. The zero-order chi connectivity index (χ0) is 27.4. The maximum atomic E-state index is 2.54. The molecule has 1 aromatic rings. The second kappa shape index (κ2) is 27.8. The molecular formula is C38H70. The predicted octanol–water partition coefficient (Wildman–Crippen LogP) is 13.5. The Morgan fingerprint density at radius 3 is 0.789 bits per heavy atom. The fourth-order valence-electron chi connectivity index (χ4n) is 6.03. The molecule has 0 aromatic heterocycles. The first-order valence-electron chi connectivity index (χ1n) is 17.9. The van der Waals surface area contributed by atoms with Crippen LogP contribution in [-0.2, 0) is 19.3 Å². The lowest BCUT2D eigenvalue weighted by Gasteiger charge is -2.10. The van der Waals surface area contributed by atoms with Gasteiger partial charge in [-0.25, -0.2) is 0 Å². The smallest absolute Gasteiger partial charge is 0.0279 e. The summed E-state index contributed by atoms with van der Waals surface area (Å²) in [6.45, 7) is 6.93. The Bertz CT molecular complexity index is 552. The van der Waals surface area contributed by atoms with Crippen molar-refractivity contribution in [3.63, 3.8) is 0 Å². The van der Waals surface area contributed by atoms with Gasteiger partial charge in [0.2, 0.25) is 0 Å². The van der Waals surface area contributed by atoms with Crippen LogP contribution in [0.3, 0.4) is 0 Å². The first-order chi connectivity index (χ1) is 18.8. The molecule has 0 saturated carbocycles. The van der Waals surface area contributed by atoms with Crippen LogP contribution in [0.1, 0.15) is 204 Å². The molecule has 0 amide bonds. The number of aryl methyl sites for hydroxylation is 3. The molecule has 0 spiro atoms. The van der Waals surface area contributed by atoms with Gasteiger partial charge in [-0.2, -0.15) is 0 Å². The number of benzene rings is 1. The molecular weight excluding hydrogens is 456 g/mol. The third-order valence-electron chi connectivity index (χ3n) is 8.66. The number of hydrogen-bond acceptors (Lipinski definition) is 0. The molecule has 0 aliphatic carbocycles. The van der Waals surface area contributed by atoms with Crippen LogP contribution in [0.5, 0.6) is 0 Å². The standard InChI is InChI=1S/C38H70/c1-4-7-9-11-13-15-17-19-21-23-25-27-29-31-37-33-36(6-3)34-38(35-37)32-30-28-26-24-22-20-18-16-14-12-10-8-5-2/h33-35H,4-32H2,1-3H3. The van der Waals surface area contributed by atoms with E-state index in [4.69, 9.17) is 0 Å². The highest BCUT2D eigenvalue weighted by Gasteiger charge is 2.02. The van der Waals surface area contributed by atoms with Gasteiger partial charge in [-0.15, -0.1) is 0 Å². The van der Waals surface area contributed by atoms with Gasteiger partial charge in [-0.3, -0.25) is 0 Å². The molecule has 1 rings (SSSR count). The topological polar surface area (TPSA) is 0 Å². The Morgan fingerprint density at radius 2 is 0.526 bits per heavy atom. The first kappa shape index (κ1) is 35.2. The maximum Gasteiger partial charge on any atom is -0.0279 e. The van der Waals surface area contributed by atoms with Gasteiger partial charge in [0.15, 0.2) is 0 Å². The van der Waals surface area contributed by atoms with E-state index >= 15 is 0 Å². The Morgan fingerprint density at radius 1 is 0.289 bits per heavy atom. The fourth-order valence-corrected chi connectivity index (χ4v) is 6.03. The summed E-state index contributed by atoms with van der Waals surface area (Å²) in [5.74, 6) is 0. The summed E-state index contributed by atoms with van der Waals surface area (Å²) >= 11 is 0. The summed E-state index contributed by atoms with van der Waals surface area (Å²) in [5.41, 5.74) is 4.77. The van der Waals surface area contributed by atoms with Crippen molar-refractivity contribution in [3.05, 3.63) is 34.9 Å². The van der Waals surface area contributed by atoms with E-state index in [0.717, 1.165) is 0 Å². The molecule has 38 heavy (non-hydrogen) atoms. The number of unbranched alkanes of at least 4 members (excludes halogenated alkanes) is 24. The molecule has 0 bridgehead atoms. The van der Waals surface area contributed by atoms with Gasteiger partial charge >= 0.3 is 0 Å². The van der Waals surface area contributed by atoms with Crippen molar-refractivity contribution in [2.45, 2.75) is 207 Å². The molecule has 0 fully saturated rings. The summed E-state index contributed by atoms with van der Waals surface area (Å²) in [5, 5.41) is 0. The monoisotopic (exact) mass is 527 g/mol.